The van der Waals surface area contributed by atoms with E-state index in [4.69, 9.17) is 23.4 Å². The highest BCUT2D eigenvalue weighted by Crippen LogP contribution is 2.22. The molecule has 0 aliphatic carbocycles. The van der Waals surface area contributed by atoms with Gasteiger partial charge in [0, 0.05) is 32.8 Å². The number of ether oxygens (including phenoxy) is 1. The number of hydrogen-bond acceptors (Lipinski definition) is 5. The zero-order valence-corrected chi connectivity index (χ0v) is 13.5. The standard InChI is InChI=1S/C12H27NO4Si/c1-7-12(2,3)11(13)17-9-8-10-18(14-4,15-5)16-6/h13H,7-10H2,1-6H3. The van der Waals surface area contributed by atoms with Gasteiger partial charge in [-0.2, -0.15) is 0 Å². The van der Waals surface area contributed by atoms with Gasteiger partial charge in [0.1, 0.15) is 0 Å². The largest absolute Gasteiger partial charge is 0.500 e. The third-order valence-electron chi connectivity index (χ3n) is 3.31. The third kappa shape index (κ3) is 5.05. The van der Waals surface area contributed by atoms with E-state index in [9.17, 15) is 0 Å². The first-order chi connectivity index (χ1) is 8.37. The molecule has 0 aromatic rings. The summed E-state index contributed by atoms with van der Waals surface area (Å²) >= 11 is 0. The molecule has 0 spiro atoms. The Morgan fingerprint density at radius 3 is 2.00 bits per heavy atom. The Morgan fingerprint density at radius 2 is 1.61 bits per heavy atom. The SMILES string of the molecule is CCC(C)(C)C(=N)OCCC[Si](OC)(OC)OC. The van der Waals surface area contributed by atoms with Crippen LogP contribution in [0.15, 0.2) is 0 Å². The van der Waals surface area contributed by atoms with Crippen molar-refractivity contribution < 1.29 is 18.0 Å². The van der Waals surface area contributed by atoms with Crippen LogP contribution in [0.5, 0.6) is 0 Å². The quantitative estimate of drug-likeness (QED) is 0.305. The fourth-order valence-corrected chi connectivity index (χ4v) is 3.06. The highest BCUT2D eigenvalue weighted by Gasteiger charge is 2.37. The van der Waals surface area contributed by atoms with Crippen molar-refractivity contribution in [2.24, 2.45) is 5.41 Å². The number of rotatable bonds is 9. The van der Waals surface area contributed by atoms with Crippen LogP contribution in [-0.4, -0.2) is 42.6 Å². The van der Waals surface area contributed by atoms with Gasteiger partial charge < -0.3 is 18.0 Å². The Morgan fingerprint density at radius 1 is 1.11 bits per heavy atom. The highest BCUT2D eigenvalue weighted by molar-refractivity contribution is 6.60. The second kappa shape index (κ2) is 7.88. The predicted octanol–water partition coefficient (Wildman–Crippen LogP) is 2.68. The molecule has 0 saturated heterocycles. The van der Waals surface area contributed by atoms with Crippen molar-refractivity contribution >= 4 is 14.7 Å². The Kier molecular flexibility index (Phi) is 7.69. The smallest absolute Gasteiger partial charge is 0.481 e. The molecule has 0 bridgehead atoms. The molecule has 6 heteroatoms. The van der Waals surface area contributed by atoms with Crippen LogP contribution in [0.2, 0.25) is 6.04 Å². The van der Waals surface area contributed by atoms with E-state index in [0.717, 1.165) is 12.8 Å². The average molecular weight is 277 g/mol. The highest BCUT2D eigenvalue weighted by atomic mass is 28.4. The predicted molar refractivity (Wildman–Crippen MR) is 74.0 cm³/mol. The van der Waals surface area contributed by atoms with E-state index in [1.165, 1.54) is 0 Å². The lowest BCUT2D eigenvalue weighted by atomic mass is 9.90. The monoisotopic (exact) mass is 277 g/mol. The zero-order valence-electron chi connectivity index (χ0n) is 12.5. The summed E-state index contributed by atoms with van der Waals surface area (Å²) in [6.07, 6.45) is 1.64. The van der Waals surface area contributed by atoms with Crippen LogP contribution in [0.3, 0.4) is 0 Å². The Balaban J connectivity index is 4.03. The van der Waals surface area contributed by atoms with Crippen molar-refractivity contribution in [3.63, 3.8) is 0 Å². The summed E-state index contributed by atoms with van der Waals surface area (Å²) < 4.78 is 21.4. The van der Waals surface area contributed by atoms with Gasteiger partial charge in [-0.1, -0.05) is 20.8 Å². The molecule has 0 heterocycles. The first kappa shape index (κ1) is 17.6. The topological polar surface area (TPSA) is 60.8 Å². The van der Waals surface area contributed by atoms with Crippen molar-refractivity contribution in [3.05, 3.63) is 0 Å². The molecule has 108 valence electrons. The van der Waals surface area contributed by atoms with Gasteiger partial charge in [-0.05, 0) is 12.8 Å². The molecular weight excluding hydrogens is 250 g/mol. The molecule has 5 nitrogen and oxygen atoms in total. The van der Waals surface area contributed by atoms with E-state index in [0.29, 0.717) is 18.5 Å². The molecule has 0 rings (SSSR count). The fourth-order valence-electron chi connectivity index (χ4n) is 1.38. The minimum absolute atomic E-state index is 0.196. The fraction of sp³-hybridized carbons (Fsp3) is 0.917. The molecular formula is C12H27NO4Si. The lowest BCUT2D eigenvalue weighted by Gasteiger charge is -2.26. The maximum absolute atomic E-state index is 7.86. The van der Waals surface area contributed by atoms with E-state index in [1.54, 1.807) is 21.3 Å². The van der Waals surface area contributed by atoms with Gasteiger partial charge in [0.25, 0.3) is 0 Å². The molecule has 0 fully saturated rings. The summed E-state index contributed by atoms with van der Waals surface area (Å²) in [5.41, 5.74) is -0.196. The van der Waals surface area contributed by atoms with Gasteiger partial charge in [0.05, 0.1) is 6.61 Å². The van der Waals surface area contributed by atoms with Crippen LogP contribution in [0, 0.1) is 10.8 Å². The third-order valence-corrected chi connectivity index (χ3v) is 6.14. The minimum Gasteiger partial charge on any atom is -0.481 e. The van der Waals surface area contributed by atoms with Crippen LogP contribution >= 0.6 is 0 Å². The Hall–Kier alpha value is -0.433. The van der Waals surface area contributed by atoms with Gasteiger partial charge in [0.15, 0.2) is 5.90 Å². The van der Waals surface area contributed by atoms with E-state index < -0.39 is 8.80 Å². The maximum Gasteiger partial charge on any atom is 0.500 e. The van der Waals surface area contributed by atoms with Crippen LogP contribution < -0.4 is 0 Å². The first-order valence-corrected chi connectivity index (χ1v) is 8.18. The van der Waals surface area contributed by atoms with Gasteiger partial charge >= 0.3 is 8.80 Å². The van der Waals surface area contributed by atoms with Crippen LogP contribution in [0.25, 0.3) is 0 Å². The van der Waals surface area contributed by atoms with Gasteiger partial charge in [0.2, 0.25) is 0 Å². The van der Waals surface area contributed by atoms with E-state index >= 15 is 0 Å². The summed E-state index contributed by atoms with van der Waals surface area (Å²) in [5, 5.41) is 7.86. The lowest BCUT2D eigenvalue weighted by Crippen LogP contribution is -2.42. The maximum atomic E-state index is 7.86. The average Bonchev–Trinajstić information content (AvgIpc) is 2.39. The Bertz CT molecular complexity index is 246. The second-order valence-electron chi connectivity index (χ2n) is 4.81. The lowest BCUT2D eigenvalue weighted by molar-refractivity contribution is 0.120. The van der Waals surface area contributed by atoms with Gasteiger partial charge in [-0.15, -0.1) is 0 Å². The number of nitrogens with one attached hydrogen (secondary N) is 1. The molecule has 0 amide bonds. The van der Waals surface area contributed by atoms with Crippen molar-refractivity contribution in [2.75, 3.05) is 27.9 Å². The van der Waals surface area contributed by atoms with E-state index in [1.807, 2.05) is 13.8 Å². The van der Waals surface area contributed by atoms with E-state index in [-0.39, 0.29) is 5.41 Å². The first-order valence-electron chi connectivity index (χ1n) is 6.24. The molecule has 0 atom stereocenters. The molecule has 0 radical (unpaired) electrons. The van der Waals surface area contributed by atoms with Crippen LogP contribution in [-0.2, 0) is 18.0 Å². The molecule has 0 aliphatic heterocycles. The van der Waals surface area contributed by atoms with Gasteiger partial charge in [-0.25, -0.2) is 0 Å². The molecule has 0 aliphatic rings. The Labute approximate surface area is 112 Å². The molecule has 0 saturated carbocycles. The molecule has 0 aromatic carbocycles. The van der Waals surface area contributed by atoms with Gasteiger partial charge in [-0.3, -0.25) is 5.41 Å². The molecule has 18 heavy (non-hydrogen) atoms. The normalized spacial score (nSPS) is 12.6. The summed E-state index contributed by atoms with van der Waals surface area (Å²) in [6, 6.07) is 0.691. The van der Waals surface area contributed by atoms with Crippen molar-refractivity contribution in [3.8, 4) is 0 Å². The summed E-state index contributed by atoms with van der Waals surface area (Å²) in [5.74, 6) is 0.338. The summed E-state index contributed by atoms with van der Waals surface area (Å²) in [4.78, 5) is 0. The van der Waals surface area contributed by atoms with Crippen molar-refractivity contribution in [1.82, 2.24) is 0 Å². The van der Waals surface area contributed by atoms with E-state index in [2.05, 4.69) is 6.92 Å². The zero-order chi connectivity index (χ0) is 14.2. The van der Waals surface area contributed by atoms with Crippen LogP contribution in [0.1, 0.15) is 33.6 Å². The molecule has 1 N–H and O–H groups in total. The second-order valence-corrected chi connectivity index (χ2v) is 7.90. The van der Waals surface area contributed by atoms with Crippen LogP contribution in [0.4, 0.5) is 0 Å². The summed E-state index contributed by atoms with van der Waals surface area (Å²) in [7, 11) is 2.30. The van der Waals surface area contributed by atoms with Crippen molar-refractivity contribution in [2.45, 2.75) is 39.7 Å². The van der Waals surface area contributed by atoms with Crippen molar-refractivity contribution in [1.29, 1.82) is 5.41 Å². The molecule has 0 unspecified atom stereocenters. The minimum atomic E-state index is -2.49. The summed E-state index contributed by atoms with van der Waals surface area (Å²) in [6.45, 7) is 6.56. The molecule has 0 aromatic heterocycles. The number of hydrogen-bond donors (Lipinski definition) is 1.